The molecule has 1 aliphatic carbocycles. The van der Waals surface area contributed by atoms with E-state index in [1.165, 1.54) is 19.1 Å². The fraction of sp³-hybridized carbons (Fsp3) is 0.455. The molecule has 3 rings (SSSR count). The third-order valence-electron chi connectivity index (χ3n) is 4.66. The van der Waals surface area contributed by atoms with Crippen LogP contribution in [0.4, 0.5) is 5.69 Å². The highest BCUT2D eigenvalue weighted by Crippen LogP contribution is 2.28. The number of likely N-dealkylation sites (N-methyl/N-ethyl adjacent to an activating group) is 1. The van der Waals surface area contributed by atoms with Crippen LogP contribution in [-0.2, 0) is 11.3 Å². The molecule has 1 aliphatic rings. The number of furan rings is 1. The molecular formula is C22H31IN4O3. The van der Waals surface area contributed by atoms with Gasteiger partial charge in [-0.25, -0.2) is 4.99 Å². The number of guanidine groups is 1. The van der Waals surface area contributed by atoms with Crippen molar-refractivity contribution in [3.05, 3.63) is 54.0 Å². The van der Waals surface area contributed by atoms with Gasteiger partial charge in [0.2, 0.25) is 0 Å². The monoisotopic (exact) mass is 526 g/mol. The fourth-order valence-corrected chi connectivity index (χ4v) is 2.83. The lowest BCUT2D eigenvalue weighted by molar-refractivity contribution is 0.0996. The number of hydrogen-bond donors (Lipinski definition) is 2. The number of amides is 1. The molecule has 1 amide bonds. The molecule has 0 atom stereocenters. The summed E-state index contributed by atoms with van der Waals surface area (Å²) in [5.41, 5.74) is 1.72. The van der Waals surface area contributed by atoms with Gasteiger partial charge in [-0.2, -0.15) is 0 Å². The second kappa shape index (κ2) is 12.6. The second-order valence-corrected chi connectivity index (χ2v) is 7.24. The molecule has 164 valence electrons. The highest BCUT2D eigenvalue weighted by atomic mass is 127. The summed E-state index contributed by atoms with van der Waals surface area (Å²) in [5.74, 6) is 1.64. The summed E-state index contributed by atoms with van der Waals surface area (Å²) in [7, 11) is 2.02. The van der Waals surface area contributed by atoms with Crippen molar-refractivity contribution in [1.29, 1.82) is 0 Å². The number of nitrogens with zero attached hydrogens (tertiary/aromatic N) is 2. The molecule has 0 bridgehead atoms. The summed E-state index contributed by atoms with van der Waals surface area (Å²) in [5, 5.41) is 6.16. The first-order chi connectivity index (χ1) is 14.2. The molecule has 0 radical (unpaired) electrons. The molecule has 1 aromatic heterocycles. The lowest BCUT2D eigenvalue weighted by Gasteiger charge is -2.22. The number of halogens is 1. The van der Waals surface area contributed by atoms with E-state index in [0.29, 0.717) is 18.8 Å². The lowest BCUT2D eigenvalue weighted by Crippen LogP contribution is -2.40. The third kappa shape index (κ3) is 7.98. The van der Waals surface area contributed by atoms with E-state index in [-0.39, 0.29) is 35.6 Å². The Labute approximate surface area is 195 Å². The smallest absolute Gasteiger partial charge is 0.291 e. The number of anilines is 1. The van der Waals surface area contributed by atoms with Crippen molar-refractivity contribution in [2.24, 2.45) is 10.9 Å². The van der Waals surface area contributed by atoms with Gasteiger partial charge >= 0.3 is 0 Å². The Hall–Kier alpha value is -2.07. The van der Waals surface area contributed by atoms with Crippen molar-refractivity contribution in [3.63, 3.8) is 0 Å². The fourth-order valence-electron chi connectivity index (χ4n) is 2.83. The SMILES string of the molecule is CCNC(=NCc1cccc(NC(=O)c2ccco2)c1)N(C)CCOCC1CC1.I. The van der Waals surface area contributed by atoms with Gasteiger partial charge in [0.05, 0.1) is 19.4 Å². The van der Waals surface area contributed by atoms with Crippen LogP contribution in [0.1, 0.15) is 35.9 Å². The van der Waals surface area contributed by atoms with E-state index < -0.39 is 0 Å². The average Bonchev–Trinajstić information content (AvgIpc) is 3.38. The Morgan fingerprint density at radius 2 is 2.13 bits per heavy atom. The number of hydrogen-bond acceptors (Lipinski definition) is 4. The maximum atomic E-state index is 12.1. The molecule has 8 heteroatoms. The quantitative estimate of drug-likeness (QED) is 0.212. The predicted molar refractivity (Wildman–Crippen MR) is 130 cm³/mol. The minimum Gasteiger partial charge on any atom is -0.459 e. The van der Waals surface area contributed by atoms with Crippen LogP contribution in [0, 0.1) is 5.92 Å². The standard InChI is InChI=1S/C22H30N4O3.HI/c1-3-23-22(26(2)11-13-28-16-17-9-10-17)24-15-18-6-4-7-19(14-18)25-21(27)20-8-5-12-29-20;/h4-8,12,14,17H,3,9-11,13,15-16H2,1-2H3,(H,23,24)(H,25,27);1H. The molecule has 1 heterocycles. The molecule has 0 aliphatic heterocycles. The van der Waals surface area contributed by atoms with Gasteiger partial charge in [0.25, 0.3) is 5.91 Å². The molecule has 1 aromatic carbocycles. The third-order valence-corrected chi connectivity index (χ3v) is 4.66. The zero-order chi connectivity index (χ0) is 20.5. The number of nitrogens with one attached hydrogen (secondary N) is 2. The van der Waals surface area contributed by atoms with E-state index in [9.17, 15) is 4.79 Å². The first-order valence-electron chi connectivity index (χ1n) is 10.2. The summed E-state index contributed by atoms with van der Waals surface area (Å²) in [4.78, 5) is 18.9. The van der Waals surface area contributed by atoms with Gasteiger partial charge in [0.1, 0.15) is 0 Å². The topological polar surface area (TPSA) is 79.1 Å². The Bertz CT molecular complexity index is 806. The van der Waals surface area contributed by atoms with Crippen LogP contribution >= 0.6 is 24.0 Å². The van der Waals surface area contributed by atoms with E-state index >= 15 is 0 Å². The zero-order valence-electron chi connectivity index (χ0n) is 17.6. The number of benzene rings is 1. The van der Waals surface area contributed by atoms with Crippen molar-refractivity contribution in [1.82, 2.24) is 10.2 Å². The van der Waals surface area contributed by atoms with Gasteiger partial charge < -0.3 is 24.7 Å². The van der Waals surface area contributed by atoms with Gasteiger partial charge in [-0.05, 0) is 55.5 Å². The normalized spacial score (nSPS) is 13.5. The molecule has 30 heavy (non-hydrogen) atoms. The van der Waals surface area contributed by atoms with Crippen molar-refractivity contribution in [3.8, 4) is 0 Å². The number of carbonyl (C=O) groups excluding carboxylic acids is 1. The largest absolute Gasteiger partial charge is 0.459 e. The molecule has 2 N–H and O–H groups in total. The molecule has 0 saturated heterocycles. The Morgan fingerprint density at radius 3 is 2.83 bits per heavy atom. The minimum atomic E-state index is -0.269. The van der Waals surface area contributed by atoms with Crippen molar-refractivity contribution in [2.45, 2.75) is 26.3 Å². The van der Waals surface area contributed by atoms with E-state index in [2.05, 4.69) is 22.5 Å². The summed E-state index contributed by atoms with van der Waals surface area (Å²) in [6.45, 7) is 5.73. The average molecular weight is 526 g/mol. The minimum absolute atomic E-state index is 0. The van der Waals surface area contributed by atoms with Crippen molar-refractivity contribution < 1.29 is 13.9 Å². The van der Waals surface area contributed by atoms with Crippen LogP contribution in [-0.4, -0.2) is 50.1 Å². The maximum Gasteiger partial charge on any atom is 0.291 e. The predicted octanol–water partition coefficient (Wildman–Crippen LogP) is 3.97. The Balaban J connectivity index is 0.00000320. The molecule has 1 saturated carbocycles. The van der Waals surface area contributed by atoms with Gasteiger partial charge in [-0.1, -0.05) is 12.1 Å². The summed E-state index contributed by atoms with van der Waals surface area (Å²) in [6, 6.07) is 11.0. The van der Waals surface area contributed by atoms with Crippen LogP contribution in [0.3, 0.4) is 0 Å². The number of aliphatic imine (C=N–C) groups is 1. The van der Waals surface area contributed by atoms with Crippen LogP contribution < -0.4 is 10.6 Å². The molecule has 1 fully saturated rings. The van der Waals surface area contributed by atoms with Gasteiger partial charge in [0.15, 0.2) is 11.7 Å². The Kier molecular flexibility index (Phi) is 10.2. The summed E-state index contributed by atoms with van der Waals surface area (Å²) in [6.07, 6.45) is 4.09. The van der Waals surface area contributed by atoms with Crippen LogP contribution in [0.5, 0.6) is 0 Å². The molecule has 0 unspecified atom stereocenters. The van der Waals surface area contributed by atoms with Crippen LogP contribution in [0.2, 0.25) is 0 Å². The van der Waals surface area contributed by atoms with E-state index in [4.69, 9.17) is 14.1 Å². The second-order valence-electron chi connectivity index (χ2n) is 7.24. The van der Waals surface area contributed by atoms with Gasteiger partial charge in [-0.3, -0.25) is 4.79 Å². The first kappa shape index (κ1) is 24.2. The lowest BCUT2D eigenvalue weighted by atomic mass is 10.2. The molecule has 0 spiro atoms. The molecule has 7 nitrogen and oxygen atoms in total. The van der Waals surface area contributed by atoms with E-state index in [1.807, 2.05) is 31.3 Å². The van der Waals surface area contributed by atoms with Crippen LogP contribution in [0.25, 0.3) is 0 Å². The number of carbonyl (C=O) groups is 1. The van der Waals surface area contributed by atoms with Gasteiger partial charge in [-0.15, -0.1) is 24.0 Å². The zero-order valence-corrected chi connectivity index (χ0v) is 19.9. The summed E-state index contributed by atoms with van der Waals surface area (Å²) >= 11 is 0. The van der Waals surface area contributed by atoms with Crippen molar-refractivity contribution >= 4 is 41.5 Å². The number of ether oxygens (including phenoxy) is 1. The molecular weight excluding hydrogens is 495 g/mol. The van der Waals surface area contributed by atoms with E-state index in [1.54, 1.807) is 12.1 Å². The first-order valence-corrected chi connectivity index (χ1v) is 10.2. The van der Waals surface area contributed by atoms with Gasteiger partial charge in [0, 0.05) is 32.4 Å². The Morgan fingerprint density at radius 1 is 1.30 bits per heavy atom. The molecule has 2 aromatic rings. The maximum absolute atomic E-state index is 12.1. The highest BCUT2D eigenvalue weighted by molar-refractivity contribution is 14.0. The number of rotatable bonds is 10. The van der Waals surface area contributed by atoms with E-state index in [0.717, 1.165) is 37.1 Å². The summed E-state index contributed by atoms with van der Waals surface area (Å²) < 4.78 is 10.9. The highest BCUT2D eigenvalue weighted by Gasteiger charge is 2.21. The van der Waals surface area contributed by atoms with Crippen LogP contribution in [0.15, 0.2) is 52.1 Å². The van der Waals surface area contributed by atoms with Crippen molar-refractivity contribution in [2.75, 3.05) is 38.7 Å².